The van der Waals surface area contributed by atoms with E-state index >= 15 is 0 Å². The van der Waals surface area contributed by atoms with Gasteiger partial charge in [-0.1, -0.05) is 6.07 Å². The highest BCUT2D eigenvalue weighted by atomic mass is 35.5. The van der Waals surface area contributed by atoms with Crippen LogP contribution in [-0.2, 0) is 35.9 Å². The molecule has 1 saturated heterocycles. The first kappa shape index (κ1) is 32.4. The molecule has 1 unspecified atom stereocenters. The molecule has 2 atom stereocenters. The maximum absolute atomic E-state index is 13.3. The lowest BCUT2D eigenvalue weighted by atomic mass is 9.95. The molecule has 218 valence electrons. The topological polar surface area (TPSA) is 194 Å². The standard InChI is InChI=1S/C23H32N4O10S.ClH/c1-15-9-25(14-36-22(30)23(2,3)13-35-11-17(28)12-37-27(31)32)21(29)18-5-4-6-19(20(15)18)38(33,34)26-8-7-16(24)10-26;/h4-6,9,16-17,28H,7-8,10-14,24H2,1-3H3;1H/t16-,17?;/m0./s1. The molecule has 0 bridgehead atoms. The van der Waals surface area contributed by atoms with Crippen molar-refractivity contribution >= 4 is 39.2 Å². The molecule has 0 amide bonds. The Morgan fingerprint density at radius 3 is 2.64 bits per heavy atom. The van der Waals surface area contributed by atoms with Crippen molar-refractivity contribution in [3.05, 3.63) is 50.4 Å². The first-order valence-electron chi connectivity index (χ1n) is 11.8. The van der Waals surface area contributed by atoms with Gasteiger partial charge in [0.1, 0.15) is 12.7 Å². The number of aliphatic hydroxyl groups excluding tert-OH is 1. The number of nitrogens with two attached hydrogens (primary N) is 1. The Hall–Kier alpha value is -2.82. The first-order valence-corrected chi connectivity index (χ1v) is 13.3. The Labute approximate surface area is 231 Å². The minimum Gasteiger partial charge on any atom is -0.443 e. The number of hydrogen-bond acceptors (Lipinski definition) is 11. The smallest absolute Gasteiger partial charge is 0.315 e. The Balaban J connectivity index is 0.00000533. The summed E-state index contributed by atoms with van der Waals surface area (Å²) in [6, 6.07) is 4.23. The number of aryl methyl sites for hydroxylation is 1. The predicted molar refractivity (Wildman–Crippen MR) is 141 cm³/mol. The molecule has 2 heterocycles. The van der Waals surface area contributed by atoms with E-state index in [2.05, 4.69) is 4.84 Å². The number of sulfonamides is 1. The summed E-state index contributed by atoms with van der Waals surface area (Å²) in [5.74, 6) is -0.695. The second-order valence-corrected chi connectivity index (χ2v) is 11.7. The molecule has 1 aliphatic heterocycles. The second-order valence-electron chi connectivity index (χ2n) is 9.81. The quantitative estimate of drug-likeness (QED) is 0.199. The van der Waals surface area contributed by atoms with Crippen molar-refractivity contribution in [2.75, 3.05) is 32.9 Å². The van der Waals surface area contributed by atoms with Crippen molar-refractivity contribution in [2.24, 2.45) is 11.1 Å². The Kier molecular flexibility index (Phi) is 10.8. The van der Waals surface area contributed by atoms with Gasteiger partial charge in [-0.05, 0) is 44.9 Å². The Morgan fingerprint density at radius 1 is 1.33 bits per heavy atom. The summed E-state index contributed by atoms with van der Waals surface area (Å²) >= 11 is 0. The van der Waals surface area contributed by atoms with E-state index in [4.69, 9.17) is 15.2 Å². The number of ether oxygens (including phenoxy) is 2. The number of pyridine rings is 1. The van der Waals surface area contributed by atoms with Crippen LogP contribution in [0.1, 0.15) is 25.8 Å². The third kappa shape index (κ3) is 7.64. The molecule has 0 spiro atoms. The van der Waals surface area contributed by atoms with E-state index in [0.717, 1.165) is 0 Å². The van der Waals surface area contributed by atoms with Gasteiger partial charge in [0.05, 0.1) is 23.5 Å². The van der Waals surface area contributed by atoms with Crippen molar-refractivity contribution in [3.63, 3.8) is 0 Å². The van der Waals surface area contributed by atoms with E-state index in [0.29, 0.717) is 23.9 Å². The van der Waals surface area contributed by atoms with Gasteiger partial charge in [-0.15, -0.1) is 22.5 Å². The average Bonchev–Trinajstić information content (AvgIpc) is 3.30. The Morgan fingerprint density at radius 2 is 2.03 bits per heavy atom. The van der Waals surface area contributed by atoms with Crippen molar-refractivity contribution in [3.8, 4) is 0 Å². The van der Waals surface area contributed by atoms with Gasteiger partial charge in [-0.2, -0.15) is 4.31 Å². The fraction of sp³-hybridized carbons (Fsp3) is 0.565. The van der Waals surface area contributed by atoms with Crippen LogP contribution in [0.3, 0.4) is 0 Å². The van der Waals surface area contributed by atoms with E-state index < -0.39 is 51.5 Å². The molecule has 3 N–H and O–H groups in total. The van der Waals surface area contributed by atoms with Gasteiger partial charge < -0.3 is 25.2 Å². The lowest BCUT2D eigenvalue weighted by Crippen LogP contribution is -2.35. The highest BCUT2D eigenvalue weighted by molar-refractivity contribution is 7.89. The van der Waals surface area contributed by atoms with Crippen LogP contribution in [0.5, 0.6) is 0 Å². The summed E-state index contributed by atoms with van der Waals surface area (Å²) in [6.45, 7) is 3.77. The maximum Gasteiger partial charge on any atom is 0.315 e. The molecular formula is C23H33ClN4O10S. The zero-order chi connectivity index (χ0) is 28.3. The highest BCUT2D eigenvalue weighted by Gasteiger charge is 2.33. The minimum absolute atomic E-state index is 0. The molecule has 1 aliphatic rings. The Bertz CT molecular complexity index is 1360. The number of benzene rings is 1. The van der Waals surface area contributed by atoms with Crippen LogP contribution in [0, 0.1) is 22.5 Å². The van der Waals surface area contributed by atoms with Crippen LogP contribution >= 0.6 is 12.4 Å². The SMILES string of the molecule is Cc1cn(COC(=O)C(C)(C)COCC(O)CO[N+](=O)[O-])c(=O)c2cccc(S(=O)(=O)N3CC[C@H](N)C3)c12.Cl. The molecule has 1 aromatic carbocycles. The fourth-order valence-electron chi connectivity index (χ4n) is 4.08. The third-order valence-corrected chi connectivity index (χ3v) is 8.01. The van der Waals surface area contributed by atoms with Crippen LogP contribution < -0.4 is 11.3 Å². The molecule has 2 aromatic rings. The number of nitrogens with zero attached hydrogens (tertiary/aromatic N) is 3. The highest BCUT2D eigenvalue weighted by Crippen LogP contribution is 2.29. The zero-order valence-electron chi connectivity index (χ0n) is 21.8. The van der Waals surface area contributed by atoms with Crippen LogP contribution in [0.15, 0.2) is 34.1 Å². The van der Waals surface area contributed by atoms with Gasteiger partial charge in [0.25, 0.3) is 10.6 Å². The van der Waals surface area contributed by atoms with E-state index in [9.17, 15) is 33.2 Å². The lowest BCUT2D eigenvalue weighted by molar-refractivity contribution is -0.759. The lowest BCUT2D eigenvalue weighted by Gasteiger charge is -2.23. The van der Waals surface area contributed by atoms with E-state index in [-0.39, 0.29) is 48.5 Å². The summed E-state index contributed by atoms with van der Waals surface area (Å²) in [5.41, 5.74) is 4.70. The van der Waals surface area contributed by atoms with Crippen LogP contribution in [-0.4, -0.2) is 78.5 Å². The van der Waals surface area contributed by atoms with Gasteiger partial charge in [0, 0.05) is 36.1 Å². The maximum atomic E-state index is 13.3. The number of carbonyl (C=O) groups is 1. The van der Waals surface area contributed by atoms with E-state index in [1.807, 2.05) is 0 Å². The van der Waals surface area contributed by atoms with Crippen LogP contribution in [0.25, 0.3) is 10.8 Å². The van der Waals surface area contributed by atoms with E-state index in [1.54, 1.807) is 6.92 Å². The molecule has 0 aliphatic carbocycles. The molecular weight excluding hydrogens is 560 g/mol. The molecule has 1 aromatic heterocycles. The number of halogens is 1. The fourth-order valence-corrected chi connectivity index (χ4v) is 5.87. The largest absolute Gasteiger partial charge is 0.443 e. The third-order valence-electron chi connectivity index (χ3n) is 6.10. The molecule has 0 radical (unpaired) electrons. The molecule has 39 heavy (non-hydrogen) atoms. The molecule has 14 nitrogen and oxygen atoms in total. The predicted octanol–water partition coefficient (Wildman–Crippen LogP) is 0.566. The normalized spacial score (nSPS) is 17.0. The van der Waals surface area contributed by atoms with Crippen LogP contribution in [0.4, 0.5) is 0 Å². The molecule has 3 rings (SSSR count). The summed E-state index contributed by atoms with van der Waals surface area (Å²) in [5, 5.41) is 19.2. The van der Waals surface area contributed by atoms with Crippen LogP contribution in [0.2, 0.25) is 0 Å². The molecule has 0 saturated carbocycles. The second kappa shape index (κ2) is 13.0. The summed E-state index contributed by atoms with van der Waals surface area (Å²) in [6.07, 6.45) is 0.725. The number of rotatable bonds is 12. The summed E-state index contributed by atoms with van der Waals surface area (Å²) in [4.78, 5) is 40.1. The van der Waals surface area contributed by atoms with Gasteiger partial charge in [-0.25, -0.2) is 8.42 Å². The monoisotopic (exact) mass is 592 g/mol. The van der Waals surface area contributed by atoms with Gasteiger partial charge >= 0.3 is 5.97 Å². The van der Waals surface area contributed by atoms with Crippen molar-refractivity contribution in [1.82, 2.24) is 8.87 Å². The number of esters is 1. The van der Waals surface area contributed by atoms with Gasteiger partial charge in [0.2, 0.25) is 10.0 Å². The summed E-state index contributed by atoms with van der Waals surface area (Å²) in [7, 11) is -3.87. The number of aliphatic hydroxyl groups is 1. The average molecular weight is 593 g/mol. The van der Waals surface area contributed by atoms with Crippen molar-refractivity contribution in [2.45, 2.75) is 51.0 Å². The van der Waals surface area contributed by atoms with E-state index in [1.165, 1.54) is 47.1 Å². The number of aromatic nitrogens is 1. The van der Waals surface area contributed by atoms with Crippen molar-refractivity contribution in [1.29, 1.82) is 0 Å². The van der Waals surface area contributed by atoms with Gasteiger partial charge in [0.15, 0.2) is 6.73 Å². The number of carbonyl (C=O) groups excluding carboxylic acids is 1. The van der Waals surface area contributed by atoms with Crippen molar-refractivity contribution < 1.29 is 37.7 Å². The van der Waals surface area contributed by atoms with Gasteiger partial charge in [-0.3, -0.25) is 14.2 Å². The minimum atomic E-state index is -3.87. The zero-order valence-corrected chi connectivity index (χ0v) is 23.4. The summed E-state index contributed by atoms with van der Waals surface area (Å²) < 4.78 is 39.7. The molecule has 1 fully saturated rings. The first-order chi connectivity index (χ1) is 17.7. The number of hydrogen-bond donors (Lipinski definition) is 2. The number of fused-ring (bicyclic) bond motifs is 1. The molecule has 16 heteroatoms.